The molecule has 3 heteroatoms. The van der Waals surface area contributed by atoms with E-state index in [1.54, 1.807) is 6.26 Å². The second-order valence-electron chi connectivity index (χ2n) is 7.46. The minimum Gasteiger partial charge on any atom is -0.508 e. The molecule has 21 heavy (non-hydrogen) atoms. The molecule has 0 aliphatic heterocycles. The van der Waals surface area contributed by atoms with Gasteiger partial charge < -0.3 is 9.52 Å². The Balaban J connectivity index is 2.14. The van der Waals surface area contributed by atoms with Crippen LogP contribution in [-0.4, -0.2) is 13.2 Å². The molecule has 0 radical (unpaired) electrons. The van der Waals surface area contributed by atoms with Crippen LogP contribution >= 0.6 is 0 Å². The lowest BCUT2D eigenvalue weighted by atomic mass is 9.85. The number of furan rings is 1. The van der Waals surface area contributed by atoms with E-state index in [1.165, 1.54) is 5.56 Å². The molecule has 2 nitrogen and oxygen atoms in total. The summed E-state index contributed by atoms with van der Waals surface area (Å²) < 4.78 is 5.61. The van der Waals surface area contributed by atoms with Crippen LogP contribution in [0.15, 0.2) is 41.0 Å². The van der Waals surface area contributed by atoms with Gasteiger partial charge in [0, 0.05) is 0 Å². The van der Waals surface area contributed by atoms with Crippen molar-refractivity contribution >= 4 is 13.5 Å². The van der Waals surface area contributed by atoms with Crippen LogP contribution in [0.1, 0.15) is 31.9 Å². The third kappa shape index (κ3) is 3.79. The zero-order chi connectivity index (χ0) is 15.7. The molecule has 114 valence electrons. The highest BCUT2D eigenvalue weighted by Crippen LogP contribution is 2.31. The molecule has 0 bridgehead atoms. The van der Waals surface area contributed by atoms with Crippen molar-refractivity contribution in [1.82, 2.24) is 0 Å². The third-order valence-electron chi connectivity index (χ3n) is 4.10. The van der Waals surface area contributed by atoms with E-state index in [4.69, 9.17) is 4.42 Å². The van der Waals surface area contributed by atoms with E-state index in [9.17, 15) is 5.11 Å². The van der Waals surface area contributed by atoms with Crippen LogP contribution in [0.3, 0.4) is 0 Å². The number of aryl methyl sites for hydroxylation is 1. The van der Waals surface area contributed by atoms with Crippen molar-refractivity contribution in [2.75, 3.05) is 0 Å². The number of phenols is 1. The number of phenolic OH excluding ortho intramolecular Hbond substituents is 1. The predicted octanol–water partition coefficient (Wildman–Crippen LogP) is 4.44. The monoisotopic (exact) mass is 302 g/mol. The summed E-state index contributed by atoms with van der Waals surface area (Å²) in [6.07, 6.45) is 2.80. The topological polar surface area (TPSA) is 33.4 Å². The van der Waals surface area contributed by atoms with Crippen LogP contribution in [0, 0.1) is 0 Å². The average Bonchev–Trinajstić information content (AvgIpc) is 2.91. The van der Waals surface area contributed by atoms with E-state index in [2.05, 4.69) is 46.0 Å². The summed E-state index contributed by atoms with van der Waals surface area (Å²) in [4.78, 5) is 0. The fourth-order valence-electron chi connectivity index (χ4n) is 2.58. The fourth-order valence-corrected chi connectivity index (χ4v) is 4.68. The van der Waals surface area contributed by atoms with Crippen LogP contribution in [0.2, 0.25) is 19.1 Å². The quantitative estimate of drug-likeness (QED) is 0.847. The first-order valence-corrected chi connectivity index (χ1v) is 10.8. The first-order chi connectivity index (χ1) is 9.70. The van der Waals surface area contributed by atoms with Crippen LogP contribution in [0.5, 0.6) is 5.75 Å². The summed E-state index contributed by atoms with van der Waals surface area (Å²) in [5.74, 6) is 0.397. The Kier molecular flexibility index (Phi) is 4.33. The zero-order valence-electron chi connectivity index (χ0n) is 13.7. The van der Waals surface area contributed by atoms with E-state index >= 15 is 0 Å². The molecule has 1 heterocycles. The number of rotatable bonds is 4. The van der Waals surface area contributed by atoms with Gasteiger partial charge >= 0.3 is 0 Å². The molecule has 0 saturated carbocycles. The minimum atomic E-state index is -1.52. The summed E-state index contributed by atoms with van der Waals surface area (Å²) in [6.45, 7) is 11.1. The molecule has 1 N–H and O–H groups in total. The second-order valence-corrected chi connectivity index (χ2v) is 12.2. The van der Waals surface area contributed by atoms with Gasteiger partial charge in [-0.25, -0.2) is 0 Å². The molecule has 0 amide bonds. The van der Waals surface area contributed by atoms with Gasteiger partial charge in [-0.1, -0.05) is 46.0 Å². The van der Waals surface area contributed by atoms with Gasteiger partial charge in [0.1, 0.15) is 13.8 Å². The molecule has 0 aliphatic rings. The Bertz CT molecular complexity index is 592. The third-order valence-corrected chi connectivity index (χ3v) is 7.21. The van der Waals surface area contributed by atoms with Gasteiger partial charge in [-0.2, -0.15) is 0 Å². The van der Waals surface area contributed by atoms with Gasteiger partial charge in [-0.3, -0.25) is 0 Å². The average molecular weight is 302 g/mol. The Morgan fingerprint density at radius 2 is 1.86 bits per heavy atom. The maximum atomic E-state index is 10.0. The van der Waals surface area contributed by atoms with Gasteiger partial charge in [0.15, 0.2) is 0 Å². The van der Waals surface area contributed by atoms with Gasteiger partial charge in [-0.05, 0) is 47.2 Å². The normalized spacial score (nSPS) is 12.6. The first-order valence-electron chi connectivity index (χ1n) is 7.56. The Labute approximate surface area is 128 Å². The molecule has 1 aromatic heterocycles. The van der Waals surface area contributed by atoms with Gasteiger partial charge in [0.25, 0.3) is 0 Å². The number of hydrogen-bond donors (Lipinski definition) is 1. The second kappa shape index (κ2) is 5.72. The van der Waals surface area contributed by atoms with E-state index in [-0.39, 0.29) is 5.41 Å². The molecule has 0 spiro atoms. The maximum Gasteiger partial charge on any atom is 0.126 e. The van der Waals surface area contributed by atoms with E-state index < -0.39 is 8.07 Å². The summed E-state index contributed by atoms with van der Waals surface area (Å²) in [5.41, 5.74) is 2.29. The lowest BCUT2D eigenvalue weighted by Gasteiger charge is -2.23. The van der Waals surface area contributed by atoms with Crippen molar-refractivity contribution in [3.05, 3.63) is 47.7 Å². The molecule has 0 saturated heterocycles. The van der Waals surface area contributed by atoms with Crippen molar-refractivity contribution in [2.24, 2.45) is 0 Å². The van der Waals surface area contributed by atoms with E-state index in [1.807, 2.05) is 18.2 Å². The highest BCUT2D eigenvalue weighted by atomic mass is 28.3. The lowest BCUT2D eigenvalue weighted by molar-refractivity contribution is 0.446. The van der Waals surface area contributed by atoms with Gasteiger partial charge in [0.05, 0.1) is 11.6 Å². The van der Waals surface area contributed by atoms with Crippen LogP contribution in [-0.2, 0) is 11.8 Å². The Morgan fingerprint density at radius 1 is 1.14 bits per heavy atom. The number of hydrogen-bond acceptors (Lipinski definition) is 2. The lowest BCUT2D eigenvalue weighted by Crippen LogP contribution is -2.40. The van der Waals surface area contributed by atoms with Gasteiger partial charge in [-0.15, -0.1) is 0 Å². The first kappa shape index (κ1) is 15.9. The van der Waals surface area contributed by atoms with Crippen LogP contribution in [0.4, 0.5) is 0 Å². The smallest absolute Gasteiger partial charge is 0.126 e. The van der Waals surface area contributed by atoms with Crippen molar-refractivity contribution in [2.45, 2.75) is 51.7 Å². The van der Waals surface area contributed by atoms with Crippen molar-refractivity contribution in [1.29, 1.82) is 0 Å². The molecule has 1 aromatic carbocycles. The van der Waals surface area contributed by atoms with Crippen LogP contribution < -0.4 is 5.38 Å². The SMILES string of the molecule is CC(C)(C)c1cc(CC[Si](C)(C)c2ccco2)ccc1O. The number of benzene rings is 1. The highest BCUT2D eigenvalue weighted by Gasteiger charge is 2.26. The predicted molar refractivity (Wildman–Crippen MR) is 91.1 cm³/mol. The molecule has 0 unspecified atom stereocenters. The molecule has 0 aliphatic carbocycles. The Morgan fingerprint density at radius 3 is 2.43 bits per heavy atom. The fraction of sp³-hybridized carbons (Fsp3) is 0.444. The summed E-state index contributed by atoms with van der Waals surface area (Å²) in [5, 5.41) is 11.2. The molecule has 0 fully saturated rings. The summed E-state index contributed by atoms with van der Waals surface area (Å²) in [7, 11) is -1.52. The minimum absolute atomic E-state index is 0.0337. The van der Waals surface area contributed by atoms with Crippen molar-refractivity contribution < 1.29 is 9.52 Å². The van der Waals surface area contributed by atoms with E-state index in [0.29, 0.717) is 5.75 Å². The largest absolute Gasteiger partial charge is 0.508 e. The maximum absolute atomic E-state index is 10.0. The molecule has 0 atom stereocenters. The van der Waals surface area contributed by atoms with Crippen molar-refractivity contribution in [3.8, 4) is 5.75 Å². The summed E-state index contributed by atoms with van der Waals surface area (Å²) in [6, 6.07) is 11.2. The standard InChI is InChI=1S/C18H26O2Si/c1-18(2,3)15-13-14(8-9-16(15)19)10-12-21(4,5)17-7-6-11-20-17/h6-9,11,13,19H,10,12H2,1-5H3. The molecular weight excluding hydrogens is 276 g/mol. The van der Waals surface area contributed by atoms with Crippen molar-refractivity contribution in [3.63, 3.8) is 0 Å². The van der Waals surface area contributed by atoms with Gasteiger partial charge in [0.2, 0.25) is 0 Å². The highest BCUT2D eigenvalue weighted by molar-refractivity contribution is 6.88. The summed E-state index contributed by atoms with van der Waals surface area (Å²) >= 11 is 0. The van der Waals surface area contributed by atoms with Crippen LogP contribution in [0.25, 0.3) is 0 Å². The molecule has 2 aromatic rings. The molecular formula is C18H26O2Si. The Hall–Kier alpha value is -1.48. The zero-order valence-corrected chi connectivity index (χ0v) is 14.7. The van der Waals surface area contributed by atoms with E-state index in [0.717, 1.165) is 23.4 Å². The number of aromatic hydroxyl groups is 1. The molecule has 2 rings (SSSR count).